The standard InChI is InChI=1S/C19H24N4O3S/c1-3-13(2)14-6-8-15(9-7-14)20-16(24)12-27-19-22-21-17(26-19)11-23-10-4-5-18(23)25/h6-9,13H,3-5,10-12H2,1-2H3,(H,20,24). The third kappa shape index (κ3) is 5.32. The van der Waals surface area contributed by atoms with Crippen LogP contribution in [0.25, 0.3) is 0 Å². The second-order valence-electron chi connectivity index (χ2n) is 6.65. The zero-order valence-corrected chi connectivity index (χ0v) is 16.4. The molecule has 1 fully saturated rings. The van der Waals surface area contributed by atoms with E-state index in [1.807, 2.05) is 24.3 Å². The summed E-state index contributed by atoms with van der Waals surface area (Å²) in [7, 11) is 0. The molecule has 144 valence electrons. The molecule has 0 aliphatic carbocycles. The number of rotatable bonds is 8. The minimum absolute atomic E-state index is 0.112. The summed E-state index contributed by atoms with van der Waals surface area (Å²) in [6, 6.07) is 7.92. The van der Waals surface area contributed by atoms with Crippen molar-refractivity contribution in [3.8, 4) is 0 Å². The Morgan fingerprint density at radius 1 is 1.33 bits per heavy atom. The summed E-state index contributed by atoms with van der Waals surface area (Å²) in [5, 5.41) is 11.1. The highest BCUT2D eigenvalue weighted by Gasteiger charge is 2.22. The Bertz CT molecular complexity index is 791. The highest BCUT2D eigenvalue weighted by atomic mass is 32.2. The highest BCUT2D eigenvalue weighted by molar-refractivity contribution is 7.99. The van der Waals surface area contributed by atoms with Crippen LogP contribution in [0.5, 0.6) is 0 Å². The molecule has 1 aliphatic heterocycles. The molecule has 8 heteroatoms. The maximum Gasteiger partial charge on any atom is 0.277 e. The van der Waals surface area contributed by atoms with Crippen LogP contribution in [-0.4, -0.2) is 39.2 Å². The van der Waals surface area contributed by atoms with Gasteiger partial charge in [0.05, 0.1) is 12.3 Å². The van der Waals surface area contributed by atoms with Gasteiger partial charge in [-0.3, -0.25) is 9.59 Å². The van der Waals surface area contributed by atoms with Crippen LogP contribution in [0.4, 0.5) is 5.69 Å². The van der Waals surface area contributed by atoms with E-state index in [-0.39, 0.29) is 17.6 Å². The first kappa shape index (κ1) is 19.4. The predicted molar refractivity (Wildman–Crippen MR) is 103 cm³/mol. The number of anilines is 1. The van der Waals surface area contributed by atoms with E-state index in [0.29, 0.717) is 30.0 Å². The van der Waals surface area contributed by atoms with Crippen molar-refractivity contribution in [2.24, 2.45) is 0 Å². The lowest BCUT2D eigenvalue weighted by Gasteiger charge is -2.11. The number of hydrogen-bond donors (Lipinski definition) is 1. The molecule has 0 bridgehead atoms. The number of benzene rings is 1. The van der Waals surface area contributed by atoms with Crippen LogP contribution >= 0.6 is 11.8 Å². The minimum atomic E-state index is -0.134. The summed E-state index contributed by atoms with van der Waals surface area (Å²) in [6.07, 6.45) is 2.53. The molecule has 1 saturated heterocycles. The first-order valence-electron chi connectivity index (χ1n) is 9.18. The van der Waals surface area contributed by atoms with Crippen molar-refractivity contribution in [1.82, 2.24) is 15.1 Å². The molecule has 7 nitrogen and oxygen atoms in total. The van der Waals surface area contributed by atoms with Gasteiger partial charge in [0.1, 0.15) is 0 Å². The predicted octanol–water partition coefficient (Wildman–Crippen LogP) is 3.44. The Balaban J connectivity index is 1.46. The highest BCUT2D eigenvalue weighted by Crippen LogP contribution is 2.22. The average Bonchev–Trinajstić information content (AvgIpc) is 3.29. The molecule has 2 heterocycles. The Morgan fingerprint density at radius 3 is 2.78 bits per heavy atom. The maximum atomic E-state index is 12.1. The van der Waals surface area contributed by atoms with Gasteiger partial charge in [-0.05, 0) is 36.5 Å². The summed E-state index contributed by atoms with van der Waals surface area (Å²) < 4.78 is 5.52. The first-order chi connectivity index (χ1) is 13.0. The third-order valence-corrected chi connectivity index (χ3v) is 5.47. The molecule has 1 aliphatic rings. The van der Waals surface area contributed by atoms with E-state index in [9.17, 15) is 9.59 Å². The van der Waals surface area contributed by atoms with Crippen LogP contribution in [0, 0.1) is 0 Å². The fourth-order valence-electron chi connectivity index (χ4n) is 2.85. The third-order valence-electron chi connectivity index (χ3n) is 4.65. The van der Waals surface area contributed by atoms with Crippen molar-refractivity contribution in [3.63, 3.8) is 0 Å². The lowest BCUT2D eigenvalue weighted by atomic mass is 9.99. The van der Waals surface area contributed by atoms with Crippen LogP contribution in [0.3, 0.4) is 0 Å². The molecule has 1 N–H and O–H groups in total. The van der Waals surface area contributed by atoms with Gasteiger partial charge in [-0.15, -0.1) is 10.2 Å². The molecule has 2 amide bonds. The summed E-state index contributed by atoms with van der Waals surface area (Å²) in [5.41, 5.74) is 2.03. The number of carbonyl (C=O) groups excluding carboxylic acids is 2. The average molecular weight is 388 g/mol. The van der Waals surface area contributed by atoms with Gasteiger partial charge in [0, 0.05) is 18.7 Å². The van der Waals surface area contributed by atoms with Crippen molar-refractivity contribution < 1.29 is 14.0 Å². The summed E-state index contributed by atoms with van der Waals surface area (Å²) in [4.78, 5) is 25.4. The Hall–Kier alpha value is -2.35. The molecule has 0 saturated carbocycles. The summed E-state index contributed by atoms with van der Waals surface area (Å²) >= 11 is 1.18. The van der Waals surface area contributed by atoms with Gasteiger partial charge >= 0.3 is 0 Å². The fraction of sp³-hybridized carbons (Fsp3) is 0.474. The largest absolute Gasteiger partial charge is 0.414 e. The number of likely N-dealkylation sites (tertiary alicyclic amines) is 1. The van der Waals surface area contributed by atoms with E-state index < -0.39 is 0 Å². The molecule has 0 spiro atoms. The fourth-order valence-corrected chi connectivity index (χ4v) is 3.43. The van der Waals surface area contributed by atoms with E-state index >= 15 is 0 Å². The van der Waals surface area contributed by atoms with Crippen LogP contribution < -0.4 is 5.32 Å². The van der Waals surface area contributed by atoms with Crippen molar-refractivity contribution in [1.29, 1.82) is 0 Å². The molecule has 1 aromatic heterocycles. The van der Waals surface area contributed by atoms with Gasteiger partial charge in [-0.2, -0.15) is 0 Å². The second kappa shape index (κ2) is 9.03. The number of nitrogens with zero attached hydrogens (tertiary/aromatic N) is 3. The normalized spacial score (nSPS) is 15.2. The SMILES string of the molecule is CCC(C)c1ccc(NC(=O)CSc2nnc(CN3CCCC3=O)o2)cc1. The minimum Gasteiger partial charge on any atom is -0.414 e. The van der Waals surface area contributed by atoms with Crippen molar-refractivity contribution in [3.05, 3.63) is 35.7 Å². The molecule has 1 atom stereocenters. The van der Waals surface area contributed by atoms with E-state index in [1.54, 1.807) is 4.90 Å². The molecular weight excluding hydrogens is 364 g/mol. The topological polar surface area (TPSA) is 88.3 Å². The van der Waals surface area contributed by atoms with Gasteiger partial charge in [0.2, 0.25) is 17.7 Å². The Kier molecular flexibility index (Phi) is 6.49. The first-order valence-corrected chi connectivity index (χ1v) is 10.2. The van der Waals surface area contributed by atoms with Crippen molar-refractivity contribution in [2.75, 3.05) is 17.6 Å². The monoisotopic (exact) mass is 388 g/mol. The van der Waals surface area contributed by atoms with E-state index in [2.05, 4.69) is 29.4 Å². The molecule has 3 rings (SSSR count). The molecule has 2 aromatic rings. The van der Waals surface area contributed by atoms with Crippen LogP contribution in [0.2, 0.25) is 0 Å². The maximum absolute atomic E-state index is 12.1. The Labute approximate surface area is 162 Å². The lowest BCUT2D eigenvalue weighted by molar-refractivity contribution is -0.128. The quantitative estimate of drug-likeness (QED) is 0.697. The molecule has 0 radical (unpaired) electrons. The van der Waals surface area contributed by atoms with Crippen LogP contribution in [0.1, 0.15) is 50.5 Å². The molecular formula is C19H24N4O3S. The van der Waals surface area contributed by atoms with E-state index in [0.717, 1.165) is 25.1 Å². The number of thioether (sulfide) groups is 1. The number of nitrogens with one attached hydrogen (secondary N) is 1. The summed E-state index contributed by atoms with van der Waals surface area (Å²) in [5.74, 6) is 1.06. The number of amides is 2. The number of carbonyl (C=O) groups is 2. The molecule has 1 unspecified atom stereocenters. The van der Waals surface area contributed by atoms with Crippen molar-refractivity contribution in [2.45, 2.75) is 50.8 Å². The van der Waals surface area contributed by atoms with Gasteiger partial charge in [0.15, 0.2) is 0 Å². The second-order valence-corrected chi connectivity index (χ2v) is 7.58. The number of hydrogen-bond acceptors (Lipinski definition) is 6. The van der Waals surface area contributed by atoms with E-state index in [4.69, 9.17) is 4.42 Å². The lowest BCUT2D eigenvalue weighted by Crippen LogP contribution is -2.23. The van der Waals surface area contributed by atoms with Gasteiger partial charge in [0.25, 0.3) is 5.22 Å². The number of aromatic nitrogens is 2. The summed E-state index contributed by atoms with van der Waals surface area (Å²) in [6.45, 7) is 5.40. The van der Waals surface area contributed by atoms with Crippen LogP contribution in [-0.2, 0) is 16.1 Å². The van der Waals surface area contributed by atoms with Gasteiger partial charge < -0.3 is 14.6 Å². The smallest absolute Gasteiger partial charge is 0.277 e. The van der Waals surface area contributed by atoms with Gasteiger partial charge in [-0.25, -0.2) is 0 Å². The zero-order valence-electron chi connectivity index (χ0n) is 15.6. The Morgan fingerprint density at radius 2 is 2.11 bits per heavy atom. The van der Waals surface area contributed by atoms with Gasteiger partial charge in [-0.1, -0.05) is 37.7 Å². The van der Waals surface area contributed by atoms with E-state index in [1.165, 1.54) is 17.3 Å². The zero-order chi connectivity index (χ0) is 19.2. The van der Waals surface area contributed by atoms with Crippen LogP contribution in [0.15, 0.2) is 33.9 Å². The molecule has 27 heavy (non-hydrogen) atoms. The van der Waals surface area contributed by atoms with Crippen molar-refractivity contribution >= 4 is 29.3 Å². The molecule has 1 aromatic carbocycles.